The van der Waals surface area contributed by atoms with Gasteiger partial charge in [0.05, 0.1) is 27.2 Å². The highest BCUT2D eigenvalue weighted by atomic mass is 35.5. The molecule has 0 saturated carbocycles. The molecule has 92 valence electrons. The van der Waals surface area contributed by atoms with Crippen molar-refractivity contribution in [1.29, 1.82) is 0 Å². The average molecular weight is 236 g/mol. The number of hydrogen-bond donors (Lipinski definition) is 0. The van der Waals surface area contributed by atoms with Crippen LogP contribution in [0.4, 0.5) is 0 Å². The highest BCUT2D eigenvalue weighted by Gasteiger charge is 2.30. The third-order valence-corrected chi connectivity index (χ3v) is 2.97. The van der Waals surface area contributed by atoms with Crippen molar-refractivity contribution in [2.75, 3.05) is 33.8 Å². The molecule has 15 heavy (non-hydrogen) atoms. The summed E-state index contributed by atoms with van der Waals surface area (Å²) in [7, 11) is 4.64. The monoisotopic (exact) mass is 235 g/mol. The predicted molar refractivity (Wildman–Crippen MR) is 60.3 cm³/mol. The smallest absolute Gasteiger partial charge is 0.130 e. The van der Waals surface area contributed by atoms with E-state index in [9.17, 15) is 0 Å². The van der Waals surface area contributed by atoms with Crippen LogP contribution >= 0.6 is 0 Å². The van der Waals surface area contributed by atoms with Crippen LogP contribution in [0.1, 0.15) is 39.0 Å². The number of halogens is 1. The molecule has 0 aromatic heterocycles. The minimum absolute atomic E-state index is 0. The molecule has 0 aliphatic carbocycles. The molecular weight excluding hydrogens is 210 g/mol. The predicted octanol–water partition coefficient (Wildman–Crippen LogP) is -0.564. The molecule has 0 spiro atoms. The molecular formula is C12H26ClNO. The van der Waals surface area contributed by atoms with Crippen LogP contribution in [0.15, 0.2) is 0 Å². The van der Waals surface area contributed by atoms with Gasteiger partial charge in [0.1, 0.15) is 12.6 Å². The van der Waals surface area contributed by atoms with E-state index in [0.29, 0.717) is 6.10 Å². The van der Waals surface area contributed by atoms with Crippen molar-refractivity contribution in [2.45, 2.75) is 45.1 Å². The summed E-state index contributed by atoms with van der Waals surface area (Å²) in [6.07, 6.45) is 7.51. The summed E-state index contributed by atoms with van der Waals surface area (Å²) in [5, 5.41) is 0. The Bertz CT molecular complexity index is 158. The summed E-state index contributed by atoms with van der Waals surface area (Å²) >= 11 is 0. The van der Waals surface area contributed by atoms with Crippen LogP contribution in [0, 0.1) is 0 Å². The number of epoxide rings is 1. The van der Waals surface area contributed by atoms with Crippen LogP contribution in [0.2, 0.25) is 0 Å². The summed E-state index contributed by atoms with van der Waals surface area (Å²) in [5.41, 5.74) is 0. The standard InChI is InChI=1S/C12H26NO.ClH/c1-4-5-6-7-8-9-13(2,3)10-12-11-14-12;/h12H,4-11H2,1-3H3;1H/q+1;/p-1. The van der Waals surface area contributed by atoms with Crippen molar-refractivity contribution < 1.29 is 21.6 Å². The molecule has 0 aromatic carbocycles. The zero-order chi connectivity index (χ0) is 10.4. The number of rotatable bonds is 8. The zero-order valence-corrected chi connectivity index (χ0v) is 11.2. The lowest BCUT2D eigenvalue weighted by molar-refractivity contribution is -0.891. The van der Waals surface area contributed by atoms with E-state index in [1.807, 2.05) is 0 Å². The summed E-state index contributed by atoms with van der Waals surface area (Å²) in [6, 6.07) is 0. The highest BCUT2D eigenvalue weighted by molar-refractivity contribution is 4.67. The number of nitrogens with zero attached hydrogens (tertiary/aromatic N) is 1. The number of unbranched alkanes of at least 4 members (excludes halogenated alkanes) is 4. The van der Waals surface area contributed by atoms with E-state index >= 15 is 0 Å². The summed E-state index contributed by atoms with van der Waals surface area (Å²) in [4.78, 5) is 0. The van der Waals surface area contributed by atoms with Crippen molar-refractivity contribution in [2.24, 2.45) is 0 Å². The average Bonchev–Trinajstić information content (AvgIpc) is 2.87. The van der Waals surface area contributed by atoms with Gasteiger partial charge in [-0.1, -0.05) is 26.2 Å². The highest BCUT2D eigenvalue weighted by Crippen LogP contribution is 2.15. The minimum atomic E-state index is 0. The minimum Gasteiger partial charge on any atom is -1.00 e. The van der Waals surface area contributed by atoms with E-state index < -0.39 is 0 Å². The Morgan fingerprint density at radius 2 is 1.73 bits per heavy atom. The Morgan fingerprint density at radius 1 is 1.13 bits per heavy atom. The van der Waals surface area contributed by atoms with Gasteiger partial charge >= 0.3 is 0 Å². The molecule has 0 amide bonds. The summed E-state index contributed by atoms with van der Waals surface area (Å²) in [5.74, 6) is 0. The van der Waals surface area contributed by atoms with Gasteiger partial charge in [-0.25, -0.2) is 0 Å². The van der Waals surface area contributed by atoms with Crippen LogP contribution in [0.5, 0.6) is 0 Å². The molecule has 1 saturated heterocycles. The maximum atomic E-state index is 5.27. The maximum Gasteiger partial charge on any atom is 0.130 e. The molecule has 0 N–H and O–H groups in total. The molecule has 1 aliphatic rings. The normalized spacial score (nSPS) is 19.8. The Balaban J connectivity index is 0.00000196. The topological polar surface area (TPSA) is 12.5 Å². The lowest BCUT2D eigenvalue weighted by Crippen LogP contribution is -3.00. The van der Waals surface area contributed by atoms with E-state index in [1.165, 1.54) is 45.2 Å². The van der Waals surface area contributed by atoms with E-state index in [1.54, 1.807) is 0 Å². The fourth-order valence-electron chi connectivity index (χ4n) is 1.96. The Kier molecular flexibility index (Phi) is 7.58. The SMILES string of the molecule is CCCCCCC[N+](C)(C)CC1CO1.[Cl-]. The van der Waals surface area contributed by atoms with Crippen molar-refractivity contribution in [3.05, 3.63) is 0 Å². The van der Waals surface area contributed by atoms with Gasteiger partial charge in [-0.05, 0) is 12.8 Å². The lowest BCUT2D eigenvalue weighted by atomic mass is 10.1. The van der Waals surface area contributed by atoms with Gasteiger partial charge in [0, 0.05) is 0 Å². The first kappa shape index (κ1) is 15.2. The molecule has 1 unspecified atom stereocenters. The van der Waals surface area contributed by atoms with Crippen LogP contribution in [-0.4, -0.2) is 44.4 Å². The number of hydrogen-bond acceptors (Lipinski definition) is 1. The molecule has 2 nitrogen and oxygen atoms in total. The molecule has 0 bridgehead atoms. The van der Waals surface area contributed by atoms with Gasteiger partial charge in [-0.2, -0.15) is 0 Å². The first-order valence-corrected chi connectivity index (χ1v) is 6.07. The van der Waals surface area contributed by atoms with Crippen LogP contribution in [-0.2, 0) is 4.74 Å². The quantitative estimate of drug-likeness (QED) is 0.312. The Morgan fingerprint density at radius 3 is 2.27 bits per heavy atom. The first-order valence-electron chi connectivity index (χ1n) is 6.07. The van der Waals surface area contributed by atoms with Gasteiger partial charge in [0.15, 0.2) is 0 Å². The van der Waals surface area contributed by atoms with Crippen LogP contribution < -0.4 is 12.4 Å². The first-order chi connectivity index (χ1) is 6.64. The molecule has 1 heterocycles. The van der Waals surface area contributed by atoms with Crippen molar-refractivity contribution in [3.63, 3.8) is 0 Å². The Labute approximate surface area is 101 Å². The van der Waals surface area contributed by atoms with Gasteiger partial charge < -0.3 is 21.6 Å². The number of likely N-dealkylation sites (N-methyl/N-ethyl adjacent to an activating group) is 1. The van der Waals surface area contributed by atoms with E-state index in [0.717, 1.165) is 11.1 Å². The van der Waals surface area contributed by atoms with Crippen molar-refractivity contribution in [3.8, 4) is 0 Å². The Hall–Kier alpha value is 0.210. The fourth-order valence-corrected chi connectivity index (χ4v) is 1.96. The van der Waals surface area contributed by atoms with E-state index in [2.05, 4.69) is 21.0 Å². The van der Waals surface area contributed by atoms with E-state index in [-0.39, 0.29) is 12.4 Å². The molecule has 3 heteroatoms. The molecule has 1 rings (SSSR count). The van der Waals surface area contributed by atoms with Crippen LogP contribution in [0.25, 0.3) is 0 Å². The second-order valence-corrected chi connectivity index (χ2v) is 5.21. The molecule has 0 radical (unpaired) electrons. The van der Waals surface area contributed by atoms with E-state index in [4.69, 9.17) is 4.74 Å². The van der Waals surface area contributed by atoms with Gasteiger partial charge in [0.25, 0.3) is 0 Å². The largest absolute Gasteiger partial charge is 1.00 e. The van der Waals surface area contributed by atoms with Gasteiger partial charge in [-0.3, -0.25) is 0 Å². The second kappa shape index (κ2) is 7.48. The van der Waals surface area contributed by atoms with Crippen molar-refractivity contribution in [1.82, 2.24) is 0 Å². The number of quaternary nitrogens is 1. The zero-order valence-electron chi connectivity index (χ0n) is 10.5. The second-order valence-electron chi connectivity index (χ2n) is 5.21. The van der Waals surface area contributed by atoms with Crippen molar-refractivity contribution >= 4 is 0 Å². The molecule has 1 atom stereocenters. The number of ether oxygens (including phenoxy) is 1. The summed E-state index contributed by atoms with van der Waals surface area (Å²) in [6.45, 7) is 5.78. The molecule has 1 fully saturated rings. The third kappa shape index (κ3) is 8.06. The lowest BCUT2D eigenvalue weighted by Gasteiger charge is -2.29. The third-order valence-electron chi connectivity index (χ3n) is 2.97. The maximum absolute atomic E-state index is 5.27. The van der Waals surface area contributed by atoms with Gasteiger partial charge in [0.2, 0.25) is 0 Å². The van der Waals surface area contributed by atoms with Crippen LogP contribution in [0.3, 0.4) is 0 Å². The molecule has 0 aromatic rings. The fraction of sp³-hybridized carbons (Fsp3) is 1.00. The molecule has 1 aliphatic heterocycles. The van der Waals surface area contributed by atoms with Gasteiger partial charge in [-0.15, -0.1) is 0 Å². The summed E-state index contributed by atoms with van der Waals surface area (Å²) < 4.78 is 6.41.